The lowest BCUT2D eigenvalue weighted by atomic mass is 9.90. The number of aryl methyl sites for hydroxylation is 1. The molecule has 0 aromatic heterocycles. The van der Waals surface area contributed by atoms with Crippen molar-refractivity contribution in [2.45, 2.75) is 71.1 Å². The minimum absolute atomic E-state index is 0.533. The van der Waals surface area contributed by atoms with Gasteiger partial charge in [-0.3, -0.25) is 4.57 Å². The number of hydrogen-bond donors (Lipinski definition) is 0. The topological polar surface area (TPSA) is 35.5 Å². The van der Waals surface area contributed by atoms with E-state index in [9.17, 15) is 4.57 Å². The SMILES string of the molecule is Cc1ccc(P(=O)(OCC2CCCCC2)OCC2CCCCC2)cc1. The molecule has 1 aromatic carbocycles. The zero-order chi connectivity index (χ0) is 17.5. The van der Waals surface area contributed by atoms with Gasteiger partial charge in [0.05, 0.1) is 18.5 Å². The Kier molecular flexibility index (Phi) is 7.16. The van der Waals surface area contributed by atoms with E-state index >= 15 is 0 Å². The first-order valence-corrected chi connectivity index (χ1v) is 11.7. The molecular formula is C21H33O3P. The summed E-state index contributed by atoms with van der Waals surface area (Å²) in [5.74, 6) is 1.07. The van der Waals surface area contributed by atoms with Gasteiger partial charge in [0, 0.05) is 0 Å². The Balaban J connectivity index is 1.65. The first kappa shape index (κ1) is 19.1. The van der Waals surface area contributed by atoms with Gasteiger partial charge in [0.2, 0.25) is 0 Å². The fourth-order valence-electron chi connectivity index (χ4n) is 4.03. The van der Waals surface area contributed by atoms with Crippen LogP contribution in [0.1, 0.15) is 69.8 Å². The molecule has 1 aromatic rings. The number of rotatable bonds is 7. The van der Waals surface area contributed by atoms with Crippen LogP contribution in [-0.4, -0.2) is 13.2 Å². The van der Waals surface area contributed by atoms with Crippen LogP contribution in [0.2, 0.25) is 0 Å². The Labute approximate surface area is 153 Å². The number of benzene rings is 1. The first-order valence-electron chi connectivity index (χ1n) is 10.1. The molecule has 0 radical (unpaired) electrons. The van der Waals surface area contributed by atoms with Gasteiger partial charge < -0.3 is 9.05 Å². The monoisotopic (exact) mass is 364 g/mol. The highest BCUT2D eigenvalue weighted by Gasteiger charge is 2.30. The van der Waals surface area contributed by atoms with E-state index < -0.39 is 7.60 Å². The molecule has 2 fully saturated rings. The summed E-state index contributed by atoms with van der Waals surface area (Å²) in [5.41, 5.74) is 1.16. The molecule has 0 amide bonds. The van der Waals surface area contributed by atoms with Crippen molar-refractivity contribution < 1.29 is 13.6 Å². The highest BCUT2D eigenvalue weighted by molar-refractivity contribution is 7.62. The lowest BCUT2D eigenvalue weighted by molar-refractivity contribution is 0.143. The molecule has 0 aliphatic heterocycles. The Morgan fingerprint density at radius 2 is 1.24 bits per heavy atom. The van der Waals surface area contributed by atoms with Gasteiger partial charge in [0.15, 0.2) is 0 Å². The molecule has 3 rings (SSSR count). The largest absolute Gasteiger partial charge is 0.361 e. The average molecular weight is 364 g/mol. The molecule has 2 aliphatic rings. The van der Waals surface area contributed by atoms with Crippen molar-refractivity contribution >= 4 is 12.9 Å². The van der Waals surface area contributed by atoms with Crippen LogP contribution >= 0.6 is 7.60 Å². The highest BCUT2D eigenvalue weighted by Crippen LogP contribution is 2.49. The molecule has 0 bridgehead atoms. The Bertz CT molecular complexity index is 531. The Hall–Kier alpha value is -0.630. The minimum Gasteiger partial charge on any atom is -0.305 e. The van der Waals surface area contributed by atoms with Crippen molar-refractivity contribution in [1.29, 1.82) is 0 Å². The van der Waals surface area contributed by atoms with Gasteiger partial charge in [-0.1, -0.05) is 56.2 Å². The van der Waals surface area contributed by atoms with Gasteiger partial charge in [0.1, 0.15) is 0 Å². The lowest BCUT2D eigenvalue weighted by Gasteiger charge is -2.27. The van der Waals surface area contributed by atoms with E-state index in [0.717, 1.165) is 5.56 Å². The summed E-state index contributed by atoms with van der Waals surface area (Å²) in [4.78, 5) is 0. The Morgan fingerprint density at radius 3 is 1.68 bits per heavy atom. The van der Waals surface area contributed by atoms with E-state index in [1.54, 1.807) is 0 Å². The molecule has 0 atom stereocenters. The molecule has 0 unspecified atom stereocenters. The van der Waals surface area contributed by atoms with Gasteiger partial charge in [0.25, 0.3) is 0 Å². The summed E-state index contributed by atoms with van der Waals surface area (Å²) < 4.78 is 25.6. The summed E-state index contributed by atoms with van der Waals surface area (Å²) in [6, 6.07) is 7.82. The third kappa shape index (κ3) is 5.67. The molecule has 25 heavy (non-hydrogen) atoms. The molecule has 4 heteroatoms. The molecule has 0 N–H and O–H groups in total. The molecule has 140 valence electrons. The summed E-state index contributed by atoms with van der Waals surface area (Å²) in [7, 11) is -3.22. The first-order chi connectivity index (χ1) is 12.2. The maximum atomic E-state index is 13.6. The maximum Gasteiger partial charge on any atom is 0.361 e. The van der Waals surface area contributed by atoms with Crippen molar-refractivity contribution in [2.75, 3.05) is 13.2 Å². The average Bonchev–Trinajstić information content (AvgIpc) is 2.67. The highest BCUT2D eigenvalue weighted by atomic mass is 31.2. The van der Waals surface area contributed by atoms with Crippen LogP contribution in [0.3, 0.4) is 0 Å². The quantitative estimate of drug-likeness (QED) is 0.556. The molecular weight excluding hydrogens is 331 g/mol. The minimum atomic E-state index is -3.22. The molecule has 2 aliphatic carbocycles. The van der Waals surface area contributed by atoms with E-state index in [0.29, 0.717) is 30.4 Å². The van der Waals surface area contributed by atoms with Crippen LogP contribution in [0.25, 0.3) is 0 Å². The molecule has 0 spiro atoms. The van der Waals surface area contributed by atoms with E-state index in [2.05, 4.69) is 0 Å². The van der Waals surface area contributed by atoms with Crippen molar-refractivity contribution in [3.63, 3.8) is 0 Å². The van der Waals surface area contributed by atoms with Crippen LogP contribution in [0.4, 0.5) is 0 Å². The Morgan fingerprint density at radius 1 is 0.800 bits per heavy atom. The zero-order valence-electron chi connectivity index (χ0n) is 15.6. The van der Waals surface area contributed by atoms with Crippen molar-refractivity contribution in [3.8, 4) is 0 Å². The van der Waals surface area contributed by atoms with E-state index in [-0.39, 0.29) is 0 Å². The second kappa shape index (κ2) is 9.35. The van der Waals surface area contributed by atoms with Crippen LogP contribution in [-0.2, 0) is 13.6 Å². The normalized spacial score (nSPS) is 20.7. The summed E-state index contributed by atoms with van der Waals surface area (Å²) in [6.07, 6.45) is 12.5. The molecule has 0 heterocycles. The van der Waals surface area contributed by atoms with Crippen molar-refractivity contribution in [1.82, 2.24) is 0 Å². The maximum absolute atomic E-state index is 13.6. The molecule has 2 saturated carbocycles. The van der Waals surface area contributed by atoms with E-state index in [1.807, 2.05) is 31.2 Å². The van der Waals surface area contributed by atoms with Crippen LogP contribution in [0.15, 0.2) is 24.3 Å². The standard InChI is InChI=1S/C21H33O3P/c1-18-12-14-21(15-13-18)25(22,23-16-19-8-4-2-5-9-19)24-17-20-10-6-3-7-11-20/h12-15,19-20H,2-11,16-17H2,1H3. The fourth-order valence-corrected chi connectivity index (χ4v) is 5.73. The zero-order valence-corrected chi connectivity index (χ0v) is 16.5. The van der Waals surface area contributed by atoms with E-state index in [1.165, 1.54) is 64.2 Å². The lowest BCUT2D eigenvalue weighted by Crippen LogP contribution is -2.20. The van der Waals surface area contributed by atoms with E-state index in [4.69, 9.17) is 9.05 Å². The number of hydrogen-bond acceptors (Lipinski definition) is 3. The van der Waals surface area contributed by atoms with Crippen LogP contribution in [0, 0.1) is 18.8 Å². The molecule has 0 saturated heterocycles. The van der Waals surface area contributed by atoms with Gasteiger partial charge in [-0.25, -0.2) is 0 Å². The third-order valence-corrected chi connectivity index (χ3v) is 7.67. The van der Waals surface area contributed by atoms with Crippen molar-refractivity contribution in [3.05, 3.63) is 29.8 Å². The summed E-state index contributed by atoms with van der Waals surface area (Å²) in [5, 5.41) is 0.713. The predicted molar refractivity (Wildman–Crippen MR) is 103 cm³/mol. The second-order valence-electron chi connectivity index (χ2n) is 7.93. The smallest absolute Gasteiger partial charge is 0.305 e. The second-order valence-corrected chi connectivity index (χ2v) is 9.96. The van der Waals surface area contributed by atoms with Crippen LogP contribution in [0.5, 0.6) is 0 Å². The van der Waals surface area contributed by atoms with Crippen LogP contribution < -0.4 is 5.30 Å². The van der Waals surface area contributed by atoms with Gasteiger partial charge in [-0.15, -0.1) is 0 Å². The fraction of sp³-hybridized carbons (Fsp3) is 0.714. The van der Waals surface area contributed by atoms with Gasteiger partial charge in [-0.2, -0.15) is 0 Å². The van der Waals surface area contributed by atoms with Crippen molar-refractivity contribution in [2.24, 2.45) is 11.8 Å². The van der Waals surface area contributed by atoms with Gasteiger partial charge in [-0.05, 0) is 56.6 Å². The summed E-state index contributed by atoms with van der Waals surface area (Å²) >= 11 is 0. The summed E-state index contributed by atoms with van der Waals surface area (Å²) in [6.45, 7) is 3.17. The molecule has 3 nitrogen and oxygen atoms in total. The predicted octanol–water partition coefficient (Wildman–Crippen LogP) is 6.01. The van der Waals surface area contributed by atoms with Gasteiger partial charge >= 0.3 is 7.60 Å². The third-order valence-electron chi connectivity index (χ3n) is 5.76.